The summed E-state index contributed by atoms with van der Waals surface area (Å²) in [4.78, 5) is 15.4. The number of carbonyl (C=O) groups excluding carboxylic acids is 1. The molecule has 1 unspecified atom stereocenters. The van der Waals surface area contributed by atoms with Gasteiger partial charge in [0.05, 0.1) is 19.1 Å². The monoisotopic (exact) mass is 375 g/mol. The molecule has 1 amide bonds. The molecule has 0 bridgehead atoms. The van der Waals surface area contributed by atoms with Crippen molar-refractivity contribution in [2.75, 3.05) is 18.0 Å². The van der Waals surface area contributed by atoms with Crippen LogP contribution in [0.1, 0.15) is 36.0 Å². The van der Waals surface area contributed by atoms with Crippen molar-refractivity contribution in [1.82, 2.24) is 5.01 Å². The molecule has 0 N–H and O–H groups in total. The predicted molar refractivity (Wildman–Crippen MR) is 105 cm³/mol. The van der Waals surface area contributed by atoms with Crippen molar-refractivity contribution in [3.8, 4) is 0 Å². The third kappa shape index (κ3) is 3.01. The Morgan fingerprint density at radius 2 is 1.93 bits per heavy atom. The molecule has 6 nitrogen and oxygen atoms in total. The van der Waals surface area contributed by atoms with E-state index in [1.54, 1.807) is 17.5 Å². The van der Waals surface area contributed by atoms with Crippen LogP contribution in [0.3, 0.4) is 0 Å². The molecule has 0 saturated heterocycles. The van der Waals surface area contributed by atoms with Gasteiger partial charge < -0.3 is 13.7 Å². The van der Waals surface area contributed by atoms with E-state index in [-0.39, 0.29) is 11.9 Å². The van der Waals surface area contributed by atoms with Crippen molar-refractivity contribution in [1.29, 1.82) is 0 Å². The third-order valence-electron chi connectivity index (χ3n) is 5.38. The standard InChI is InChI=1S/C22H21N3O3/c26-22(15-24-11-3-7-16-6-1-2-8-18(16)24)25-19(21-10-5-13-28-21)14-17(23-25)20-9-4-12-27-20/h1-2,4-6,8-10,12-13,19H,3,7,11,14-15H2. The summed E-state index contributed by atoms with van der Waals surface area (Å²) in [6, 6.07) is 15.5. The Hall–Kier alpha value is -3.28. The summed E-state index contributed by atoms with van der Waals surface area (Å²) in [5, 5.41) is 6.17. The van der Waals surface area contributed by atoms with E-state index >= 15 is 0 Å². The van der Waals surface area contributed by atoms with Gasteiger partial charge >= 0.3 is 0 Å². The molecule has 4 heterocycles. The molecular weight excluding hydrogens is 354 g/mol. The van der Waals surface area contributed by atoms with Crippen LogP contribution >= 0.6 is 0 Å². The van der Waals surface area contributed by atoms with Gasteiger partial charge in [0.25, 0.3) is 5.91 Å². The zero-order valence-corrected chi connectivity index (χ0v) is 15.5. The highest BCUT2D eigenvalue weighted by Gasteiger charge is 2.36. The molecule has 0 fully saturated rings. The normalized spacial score (nSPS) is 18.9. The number of anilines is 1. The van der Waals surface area contributed by atoms with E-state index < -0.39 is 0 Å². The van der Waals surface area contributed by atoms with Gasteiger partial charge in [-0.1, -0.05) is 18.2 Å². The minimum Gasteiger partial charge on any atom is -0.467 e. The fraction of sp³-hybridized carbons (Fsp3) is 0.273. The van der Waals surface area contributed by atoms with Crippen molar-refractivity contribution >= 4 is 17.3 Å². The molecule has 1 aromatic carbocycles. The lowest BCUT2D eigenvalue weighted by molar-refractivity contribution is -0.131. The molecule has 142 valence electrons. The van der Waals surface area contributed by atoms with Gasteiger partial charge in [0.1, 0.15) is 23.3 Å². The van der Waals surface area contributed by atoms with Gasteiger partial charge in [-0.2, -0.15) is 5.10 Å². The highest BCUT2D eigenvalue weighted by molar-refractivity contribution is 6.01. The van der Waals surface area contributed by atoms with E-state index in [9.17, 15) is 4.79 Å². The summed E-state index contributed by atoms with van der Waals surface area (Å²) in [7, 11) is 0. The second kappa shape index (κ2) is 7.03. The van der Waals surface area contributed by atoms with Crippen molar-refractivity contribution in [2.45, 2.75) is 25.3 Å². The van der Waals surface area contributed by atoms with Gasteiger partial charge in [0.15, 0.2) is 0 Å². The molecule has 1 atom stereocenters. The predicted octanol–water partition coefficient (Wildman–Crippen LogP) is 4.00. The van der Waals surface area contributed by atoms with Crippen LogP contribution in [0.5, 0.6) is 0 Å². The van der Waals surface area contributed by atoms with Crippen molar-refractivity contribution in [3.63, 3.8) is 0 Å². The Morgan fingerprint density at radius 3 is 2.75 bits per heavy atom. The smallest absolute Gasteiger partial charge is 0.262 e. The molecule has 2 aromatic heterocycles. The fourth-order valence-electron chi connectivity index (χ4n) is 4.05. The largest absolute Gasteiger partial charge is 0.467 e. The number of fused-ring (bicyclic) bond motifs is 1. The number of carbonyl (C=O) groups is 1. The Balaban J connectivity index is 1.42. The number of para-hydroxylation sites is 1. The summed E-state index contributed by atoms with van der Waals surface area (Å²) in [6.07, 6.45) is 5.93. The number of hydrogen-bond donors (Lipinski definition) is 0. The highest BCUT2D eigenvalue weighted by Crippen LogP contribution is 2.34. The maximum absolute atomic E-state index is 13.2. The number of hydrazone groups is 1. The first-order chi connectivity index (χ1) is 13.8. The molecule has 28 heavy (non-hydrogen) atoms. The average Bonchev–Trinajstić information content (AvgIpc) is 3.49. The van der Waals surface area contributed by atoms with Crippen LogP contribution in [-0.2, 0) is 11.2 Å². The lowest BCUT2D eigenvalue weighted by Gasteiger charge is -2.32. The molecule has 0 radical (unpaired) electrons. The summed E-state index contributed by atoms with van der Waals surface area (Å²) < 4.78 is 11.1. The molecule has 0 aliphatic carbocycles. The van der Waals surface area contributed by atoms with Gasteiger partial charge in [-0.3, -0.25) is 4.79 Å². The van der Waals surface area contributed by atoms with Crippen LogP contribution in [0.4, 0.5) is 5.69 Å². The number of aryl methyl sites for hydroxylation is 1. The number of rotatable bonds is 4. The first-order valence-corrected chi connectivity index (χ1v) is 9.59. The van der Waals surface area contributed by atoms with E-state index in [1.165, 1.54) is 5.56 Å². The first kappa shape index (κ1) is 16.9. The van der Waals surface area contributed by atoms with Gasteiger partial charge in [0.2, 0.25) is 0 Å². The zero-order valence-electron chi connectivity index (χ0n) is 15.5. The summed E-state index contributed by atoms with van der Waals surface area (Å²) >= 11 is 0. The Bertz CT molecular complexity index is 992. The number of nitrogens with zero attached hydrogens (tertiary/aromatic N) is 3. The Labute approximate surface area is 163 Å². The molecule has 2 aliphatic heterocycles. The third-order valence-corrected chi connectivity index (χ3v) is 5.38. The number of hydrogen-bond acceptors (Lipinski definition) is 5. The SMILES string of the molecule is O=C(CN1CCCc2ccccc21)N1N=C(c2ccco2)CC1c1ccco1. The summed E-state index contributed by atoms with van der Waals surface area (Å²) in [5.74, 6) is 1.38. The van der Waals surface area contributed by atoms with E-state index in [2.05, 4.69) is 28.2 Å². The van der Waals surface area contributed by atoms with Crippen LogP contribution in [0.15, 0.2) is 75.0 Å². The van der Waals surface area contributed by atoms with Crippen molar-refractivity contribution in [2.24, 2.45) is 5.10 Å². The minimum atomic E-state index is -0.248. The second-order valence-corrected chi connectivity index (χ2v) is 7.15. The maximum atomic E-state index is 13.2. The van der Waals surface area contributed by atoms with Gasteiger partial charge in [-0.15, -0.1) is 0 Å². The van der Waals surface area contributed by atoms with E-state index in [4.69, 9.17) is 8.83 Å². The second-order valence-electron chi connectivity index (χ2n) is 7.15. The van der Waals surface area contributed by atoms with Crippen LogP contribution in [-0.4, -0.2) is 29.7 Å². The first-order valence-electron chi connectivity index (χ1n) is 9.59. The molecule has 6 heteroatoms. The van der Waals surface area contributed by atoms with Gasteiger partial charge in [-0.25, -0.2) is 5.01 Å². The Morgan fingerprint density at radius 1 is 1.07 bits per heavy atom. The number of benzene rings is 1. The minimum absolute atomic E-state index is 0.0420. The maximum Gasteiger partial charge on any atom is 0.262 e. The number of furan rings is 2. The molecule has 2 aliphatic rings. The Kier molecular flexibility index (Phi) is 4.24. The van der Waals surface area contributed by atoms with Crippen LogP contribution in [0.25, 0.3) is 0 Å². The highest BCUT2D eigenvalue weighted by atomic mass is 16.3. The summed E-state index contributed by atoms with van der Waals surface area (Å²) in [6.45, 7) is 1.17. The molecule has 5 rings (SSSR count). The topological polar surface area (TPSA) is 62.2 Å². The van der Waals surface area contributed by atoms with E-state index in [0.717, 1.165) is 36.5 Å². The van der Waals surface area contributed by atoms with Gasteiger partial charge in [0, 0.05) is 18.7 Å². The van der Waals surface area contributed by atoms with Crippen LogP contribution in [0.2, 0.25) is 0 Å². The van der Waals surface area contributed by atoms with Crippen molar-refractivity contribution in [3.05, 3.63) is 78.1 Å². The van der Waals surface area contributed by atoms with Crippen LogP contribution in [0, 0.1) is 0 Å². The quantitative estimate of drug-likeness (QED) is 0.691. The lowest BCUT2D eigenvalue weighted by atomic mass is 10.0. The summed E-state index contributed by atoms with van der Waals surface area (Å²) in [5.41, 5.74) is 3.20. The fourth-order valence-corrected chi connectivity index (χ4v) is 4.05. The van der Waals surface area contributed by atoms with Gasteiger partial charge in [-0.05, 0) is 48.7 Å². The van der Waals surface area contributed by atoms with E-state index in [1.807, 2.05) is 30.3 Å². The average molecular weight is 375 g/mol. The van der Waals surface area contributed by atoms with Crippen molar-refractivity contribution < 1.29 is 13.6 Å². The van der Waals surface area contributed by atoms with Crippen LogP contribution < -0.4 is 4.90 Å². The molecular formula is C22H21N3O3. The zero-order chi connectivity index (χ0) is 18.9. The van der Waals surface area contributed by atoms with E-state index in [0.29, 0.717) is 18.7 Å². The molecule has 0 saturated carbocycles. The lowest BCUT2D eigenvalue weighted by Crippen LogP contribution is -2.40. The molecule has 0 spiro atoms. The number of amides is 1. The molecule has 3 aromatic rings.